The highest BCUT2D eigenvalue weighted by molar-refractivity contribution is 7.74. The van der Waals surface area contributed by atoms with E-state index in [4.69, 9.17) is 0 Å². The van der Waals surface area contributed by atoms with Crippen molar-refractivity contribution >= 4 is 37.1 Å². The summed E-state index contributed by atoms with van der Waals surface area (Å²) in [4.78, 5) is 0. The third-order valence-corrected chi connectivity index (χ3v) is 11.7. The van der Waals surface area contributed by atoms with Crippen LogP contribution in [0.25, 0.3) is 0 Å². The van der Waals surface area contributed by atoms with Gasteiger partial charge in [-0.3, -0.25) is 0 Å². The molecule has 0 saturated heterocycles. The van der Waals surface area contributed by atoms with Crippen molar-refractivity contribution in [3.05, 3.63) is 120 Å². The molecule has 0 aliphatic rings. The minimum Gasteiger partial charge on any atom is -0.0622 e. The molecule has 0 amide bonds. The van der Waals surface area contributed by atoms with E-state index < -0.39 is 0 Å². The Kier molecular flexibility index (Phi) is 7.91. The second-order valence-corrected chi connectivity index (χ2v) is 12.9. The summed E-state index contributed by atoms with van der Waals surface area (Å²) in [6.45, 7) is 6.81. The fourth-order valence-corrected chi connectivity index (χ4v) is 9.90. The van der Waals surface area contributed by atoms with Gasteiger partial charge in [0.2, 0.25) is 0 Å². The highest BCUT2D eigenvalue weighted by Crippen LogP contribution is 2.41. The highest BCUT2D eigenvalue weighted by atomic mass is 31.1. The fraction of sp³-hybridized carbons (Fsp3) is 0.200. The Labute approximate surface area is 196 Å². The molecule has 4 aromatic rings. The van der Waals surface area contributed by atoms with Crippen molar-refractivity contribution in [3.63, 3.8) is 0 Å². The van der Waals surface area contributed by atoms with E-state index in [-0.39, 0.29) is 15.8 Å². The topological polar surface area (TPSA) is 0 Å². The lowest BCUT2D eigenvalue weighted by molar-refractivity contribution is 1.11. The first-order valence-corrected chi connectivity index (χ1v) is 14.5. The normalized spacial score (nSPS) is 12.1. The van der Waals surface area contributed by atoms with E-state index in [1.165, 1.54) is 56.7 Å². The van der Waals surface area contributed by atoms with Gasteiger partial charge in [0.15, 0.2) is 0 Å². The van der Waals surface area contributed by atoms with Crippen LogP contribution in [-0.4, -0.2) is 12.3 Å². The summed E-state index contributed by atoms with van der Waals surface area (Å²) < 4.78 is 0. The van der Waals surface area contributed by atoms with Crippen LogP contribution in [0.5, 0.6) is 0 Å². The lowest BCUT2D eigenvalue weighted by atomic mass is 10.2. The van der Waals surface area contributed by atoms with Crippen LogP contribution in [0, 0.1) is 20.8 Å². The third-order valence-electron chi connectivity index (χ3n) is 6.05. The van der Waals surface area contributed by atoms with Gasteiger partial charge in [-0.15, -0.1) is 0 Å². The van der Waals surface area contributed by atoms with E-state index >= 15 is 0 Å². The van der Waals surface area contributed by atoms with Crippen molar-refractivity contribution in [1.82, 2.24) is 0 Å². The first kappa shape index (κ1) is 22.9. The molecule has 0 saturated carbocycles. The van der Waals surface area contributed by atoms with Gasteiger partial charge in [-0.25, -0.2) is 0 Å². The van der Waals surface area contributed by atoms with E-state index in [0.29, 0.717) is 0 Å². The van der Waals surface area contributed by atoms with Gasteiger partial charge in [-0.2, -0.15) is 0 Å². The smallest absolute Gasteiger partial charge is 0.0166 e. The van der Waals surface area contributed by atoms with Crippen LogP contribution in [0.1, 0.15) is 23.1 Å². The predicted molar refractivity (Wildman–Crippen MR) is 147 cm³/mol. The molecule has 0 spiro atoms. The molecule has 0 fully saturated rings. The van der Waals surface area contributed by atoms with Gasteiger partial charge in [0.1, 0.15) is 0 Å². The Morgan fingerprint density at radius 2 is 0.812 bits per heavy atom. The summed E-state index contributed by atoms with van der Waals surface area (Å²) in [6.07, 6.45) is 3.71. The van der Waals surface area contributed by atoms with Gasteiger partial charge in [-0.1, -0.05) is 103 Å². The second-order valence-electron chi connectivity index (χ2n) is 8.35. The standard InChI is InChI=1S/C30H32P2/c1-24-14-7-10-19-28(24)31(27-17-5-4-6-18-27)22-13-23-32(29-20-11-8-15-25(29)2)30-21-12-9-16-26(30)3/h4-12,14-21H,13,22-23H2,1-3H3. The van der Waals surface area contributed by atoms with Gasteiger partial charge in [-0.05, 0) is 93.3 Å². The van der Waals surface area contributed by atoms with Crippen LogP contribution < -0.4 is 21.2 Å². The second kappa shape index (κ2) is 11.0. The zero-order valence-corrected chi connectivity index (χ0v) is 21.1. The molecule has 0 radical (unpaired) electrons. The molecule has 0 aliphatic heterocycles. The van der Waals surface area contributed by atoms with E-state index in [1.807, 2.05) is 0 Å². The molecule has 162 valence electrons. The van der Waals surface area contributed by atoms with Gasteiger partial charge >= 0.3 is 0 Å². The summed E-state index contributed by atoms with van der Waals surface area (Å²) in [7, 11) is -0.703. The van der Waals surface area contributed by atoms with Gasteiger partial charge < -0.3 is 0 Å². The predicted octanol–water partition coefficient (Wildman–Crippen LogP) is 6.57. The summed E-state index contributed by atoms with van der Waals surface area (Å²) in [5, 5.41) is 6.10. The molecule has 1 atom stereocenters. The summed E-state index contributed by atoms with van der Waals surface area (Å²) in [5.74, 6) is 0. The van der Waals surface area contributed by atoms with Crippen LogP contribution in [0.15, 0.2) is 103 Å². The SMILES string of the molecule is Cc1ccccc1P(CCCP(c1ccccc1C)c1ccccc1C)c1ccccc1. The van der Waals surface area contributed by atoms with Crippen molar-refractivity contribution < 1.29 is 0 Å². The molecule has 0 aliphatic carbocycles. The average Bonchev–Trinajstić information content (AvgIpc) is 2.82. The number of benzene rings is 4. The molecule has 4 rings (SSSR count). The molecule has 0 aromatic heterocycles. The molecule has 32 heavy (non-hydrogen) atoms. The van der Waals surface area contributed by atoms with Crippen molar-refractivity contribution in [2.24, 2.45) is 0 Å². The molecular weight excluding hydrogens is 422 g/mol. The molecule has 0 heterocycles. The van der Waals surface area contributed by atoms with Crippen LogP contribution >= 0.6 is 15.8 Å². The van der Waals surface area contributed by atoms with Crippen LogP contribution in [0.4, 0.5) is 0 Å². The lowest BCUT2D eigenvalue weighted by Crippen LogP contribution is -2.20. The number of hydrogen-bond donors (Lipinski definition) is 0. The fourth-order valence-electron chi connectivity index (χ4n) is 4.35. The number of hydrogen-bond acceptors (Lipinski definition) is 0. The summed E-state index contributed by atoms with van der Waals surface area (Å²) >= 11 is 0. The van der Waals surface area contributed by atoms with Gasteiger partial charge in [0, 0.05) is 0 Å². The minimum atomic E-state index is -0.358. The number of rotatable bonds is 8. The molecule has 0 bridgehead atoms. The summed E-state index contributed by atoms with van der Waals surface area (Å²) in [6, 6.07) is 38.1. The van der Waals surface area contributed by atoms with Crippen molar-refractivity contribution in [3.8, 4) is 0 Å². The van der Waals surface area contributed by atoms with Crippen LogP contribution in [-0.2, 0) is 0 Å². The summed E-state index contributed by atoms with van der Waals surface area (Å²) in [5.41, 5.74) is 4.26. The minimum absolute atomic E-state index is 0.345. The van der Waals surface area contributed by atoms with Gasteiger partial charge in [0.25, 0.3) is 0 Å². The quantitative estimate of drug-likeness (QED) is 0.264. The zero-order chi connectivity index (χ0) is 22.3. The molecule has 0 N–H and O–H groups in total. The van der Waals surface area contributed by atoms with E-state index in [2.05, 4.69) is 124 Å². The van der Waals surface area contributed by atoms with E-state index in [0.717, 1.165) is 0 Å². The van der Waals surface area contributed by atoms with E-state index in [1.54, 1.807) is 0 Å². The monoisotopic (exact) mass is 454 g/mol. The van der Waals surface area contributed by atoms with Crippen LogP contribution in [0.2, 0.25) is 0 Å². The molecular formula is C30H32P2. The lowest BCUT2D eigenvalue weighted by Gasteiger charge is -2.25. The van der Waals surface area contributed by atoms with E-state index in [9.17, 15) is 0 Å². The Hall–Kier alpha value is -2.26. The number of aryl methyl sites for hydroxylation is 3. The van der Waals surface area contributed by atoms with Crippen molar-refractivity contribution in [2.45, 2.75) is 27.2 Å². The van der Waals surface area contributed by atoms with Crippen molar-refractivity contribution in [1.29, 1.82) is 0 Å². The Morgan fingerprint density at radius 3 is 1.28 bits per heavy atom. The molecule has 1 unspecified atom stereocenters. The Bertz CT molecular complexity index is 1100. The third kappa shape index (κ3) is 5.38. The maximum absolute atomic E-state index is 2.36. The Balaban J connectivity index is 1.61. The highest BCUT2D eigenvalue weighted by Gasteiger charge is 2.20. The maximum atomic E-state index is 2.36. The largest absolute Gasteiger partial charge is 0.0622 e. The average molecular weight is 455 g/mol. The van der Waals surface area contributed by atoms with Crippen molar-refractivity contribution in [2.75, 3.05) is 12.3 Å². The first-order valence-electron chi connectivity index (χ1n) is 11.4. The maximum Gasteiger partial charge on any atom is -0.0166 e. The van der Waals surface area contributed by atoms with Crippen LogP contribution in [0.3, 0.4) is 0 Å². The molecule has 2 heteroatoms. The Morgan fingerprint density at radius 1 is 0.438 bits per heavy atom. The molecule has 4 aromatic carbocycles. The molecule has 0 nitrogen and oxygen atoms in total. The zero-order valence-electron chi connectivity index (χ0n) is 19.3. The first-order chi connectivity index (χ1) is 15.6. The van der Waals surface area contributed by atoms with Gasteiger partial charge in [0.05, 0.1) is 0 Å².